The summed E-state index contributed by atoms with van der Waals surface area (Å²) < 4.78 is 19.5. The van der Waals surface area contributed by atoms with E-state index in [1.54, 1.807) is 0 Å². The summed E-state index contributed by atoms with van der Waals surface area (Å²) in [7, 11) is -4.17. The molecule has 3 aliphatic heterocycles. The molecule has 0 amide bonds. The van der Waals surface area contributed by atoms with Gasteiger partial charge >= 0.3 is 6.03 Å². The molecule has 1 atom stereocenters. The van der Waals surface area contributed by atoms with E-state index in [-0.39, 0.29) is 10.8 Å². The van der Waals surface area contributed by atoms with E-state index >= 15 is 0 Å². The number of aryl methyl sites for hydroxylation is 2. The summed E-state index contributed by atoms with van der Waals surface area (Å²) in [6.07, 6.45) is 18.1. The SMILES string of the molecule is CCCCC(C)(CCCC)c1cc(C)c2c(c1)C=[N+]1c3ccccc3[N+]3=Cc4cc(C(C)(CCC[P+](c5ccccc5)(c5ccccc5)c5ccccc5)CCC[P+](c5ccccc5)(c5ccccc5)c5ccccc5)cc(C)c4OC13O2. The van der Waals surface area contributed by atoms with Crippen molar-refractivity contribution in [1.29, 1.82) is 0 Å². The third-order valence-electron chi connectivity index (χ3n) is 18.8. The van der Waals surface area contributed by atoms with Crippen molar-refractivity contribution in [3.05, 3.63) is 264 Å². The molecule has 418 valence electrons. The second-order valence-electron chi connectivity index (χ2n) is 24.3. The summed E-state index contributed by atoms with van der Waals surface area (Å²) in [5.74, 6) is 1.75. The van der Waals surface area contributed by atoms with Crippen LogP contribution in [0.5, 0.6) is 11.5 Å². The summed E-state index contributed by atoms with van der Waals surface area (Å²) in [6.45, 7) is 14.2. The summed E-state index contributed by atoms with van der Waals surface area (Å²) in [4.78, 5) is 0. The Morgan fingerprint density at radius 1 is 0.373 bits per heavy atom. The zero-order chi connectivity index (χ0) is 57.1. The molecule has 0 N–H and O–H groups in total. The molecule has 0 radical (unpaired) electrons. The second-order valence-corrected chi connectivity index (χ2v) is 31.5. The molecule has 1 spiro atoms. The Kier molecular flexibility index (Phi) is 16.1. The van der Waals surface area contributed by atoms with Gasteiger partial charge in [-0.25, -0.2) is 0 Å². The van der Waals surface area contributed by atoms with Gasteiger partial charge < -0.3 is 9.47 Å². The molecule has 0 aromatic heterocycles. The number of unbranched alkanes of at least 4 members (excludes halogenated alkanes) is 2. The van der Waals surface area contributed by atoms with Crippen LogP contribution in [-0.2, 0) is 10.8 Å². The zero-order valence-corrected chi connectivity index (χ0v) is 51.5. The minimum atomic E-state index is -2.09. The van der Waals surface area contributed by atoms with E-state index < -0.39 is 20.6 Å². The zero-order valence-electron chi connectivity index (χ0n) is 49.7. The van der Waals surface area contributed by atoms with Crippen molar-refractivity contribution in [1.82, 2.24) is 0 Å². The van der Waals surface area contributed by atoms with Crippen LogP contribution < -0.4 is 41.3 Å². The fourth-order valence-electron chi connectivity index (χ4n) is 14.3. The quantitative estimate of drug-likeness (QED) is 0.0499. The molecule has 1 unspecified atom stereocenters. The van der Waals surface area contributed by atoms with Gasteiger partial charge in [0.15, 0.2) is 23.9 Å². The Balaban J connectivity index is 0.962. The highest BCUT2D eigenvalue weighted by atomic mass is 31.2. The highest BCUT2D eigenvalue weighted by molar-refractivity contribution is 7.96. The molecule has 0 saturated carbocycles. The maximum absolute atomic E-state index is 7.57. The van der Waals surface area contributed by atoms with Crippen molar-refractivity contribution in [3.8, 4) is 11.5 Å². The van der Waals surface area contributed by atoms with Crippen molar-refractivity contribution in [3.63, 3.8) is 0 Å². The predicted molar refractivity (Wildman–Crippen MR) is 355 cm³/mol. The van der Waals surface area contributed by atoms with E-state index in [1.165, 1.54) is 81.5 Å². The molecular formula is C77H82N2O2P2+4. The molecule has 0 saturated heterocycles. The Hall–Kier alpha value is -7.22. The molecule has 0 bridgehead atoms. The van der Waals surface area contributed by atoms with Crippen molar-refractivity contribution >= 4 is 70.2 Å². The van der Waals surface area contributed by atoms with E-state index in [2.05, 4.69) is 294 Å². The van der Waals surface area contributed by atoms with E-state index in [4.69, 9.17) is 9.47 Å². The van der Waals surface area contributed by atoms with Crippen LogP contribution in [0.3, 0.4) is 0 Å². The molecule has 9 aromatic carbocycles. The van der Waals surface area contributed by atoms with Gasteiger partial charge in [-0.2, -0.15) is 0 Å². The fourth-order valence-corrected chi connectivity index (χ4v) is 23.0. The number of para-hydroxylation sites is 2. The van der Waals surface area contributed by atoms with Gasteiger partial charge in [0.1, 0.15) is 46.4 Å². The molecular weight excluding hydrogens is 1050 g/mol. The first-order valence-corrected chi connectivity index (χ1v) is 34.7. The van der Waals surface area contributed by atoms with Gasteiger partial charge in [-0.1, -0.05) is 187 Å². The third-order valence-corrected chi connectivity index (χ3v) is 27.9. The number of hydrogen-bond donors (Lipinski definition) is 0. The van der Waals surface area contributed by atoms with Crippen molar-refractivity contribution < 1.29 is 18.6 Å². The standard InChI is InChI=1S/C77H82N2O2P2/c1-7-9-47-75(5,48-10-8-2)63-53-59(3)73-61(55-63)57-78-71-45-29-30-46-72(71)79-58-62-56-64(54-60(4)74(62)81-77(78,79)80-73)76(6,49-31-51-82(65-33-17-11-18-34-65,66-35-19-12-20-36-66)67-37-21-13-22-38-67)50-32-52-83(68-39-23-14-24-40-68,69-41-25-15-26-42-69)70-43-27-16-28-44-70/h11-30,33-46,53-58H,7-10,31-32,47-52H2,1-6H3/q+4. The van der Waals surface area contributed by atoms with Crippen LogP contribution in [0.25, 0.3) is 0 Å². The van der Waals surface area contributed by atoms with Crippen LogP contribution in [0, 0.1) is 13.8 Å². The van der Waals surface area contributed by atoms with E-state index in [0.717, 1.165) is 83.1 Å². The first kappa shape index (κ1) is 56.3. The Morgan fingerprint density at radius 3 is 0.940 bits per heavy atom. The van der Waals surface area contributed by atoms with Gasteiger partial charge in [0.05, 0.1) is 23.5 Å². The minimum Gasteiger partial charge on any atom is -0.340 e. The molecule has 83 heavy (non-hydrogen) atoms. The lowest BCUT2D eigenvalue weighted by molar-refractivity contribution is -0.831. The number of ether oxygens (including phenoxy) is 2. The normalized spacial score (nSPS) is 15.3. The van der Waals surface area contributed by atoms with Gasteiger partial charge in [0, 0.05) is 12.1 Å². The lowest BCUT2D eigenvalue weighted by Crippen LogP contribution is -2.59. The van der Waals surface area contributed by atoms with Crippen LogP contribution in [0.1, 0.15) is 125 Å². The average Bonchev–Trinajstić information content (AvgIpc) is 3.47. The third kappa shape index (κ3) is 10.3. The Bertz CT molecular complexity index is 3440. The molecule has 6 heteroatoms. The highest BCUT2D eigenvalue weighted by Crippen LogP contribution is 2.59. The van der Waals surface area contributed by atoms with E-state index in [0.29, 0.717) is 0 Å². The summed E-state index contributed by atoms with van der Waals surface area (Å²) in [6, 6.07) is 85.8. The van der Waals surface area contributed by atoms with E-state index in [1.807, 2.05) is 0 Å². The molecule has 0 fully saturated rings. The first-order chi connectivity index (χ1) is 40.5. The Labute approximate surface area is 496 Å². The van der Waals surface area contributed by atoms with E-state index in [9.17, 15) is 0 Å². The second kappa shape index (κ2) is 23.8. The smallest absolute Gasteiger partial charge is 0.340 e. The van der Waals surface area contributed by atoms with Crippen molar-refractivity contribution in [2.75, 3.05) is 12.3 Å². The lowest BCUT2D eigenvalue weighted by Gasteiger charge is -2.35. The number of fused-ring (bicyclic) bond motifs is 5. The lowest BCUT2D eigenvalue weighted by atomic mass is 9.73. The highest BCUT2D eigenvalue weighted by Gasteiger charge is 2.72. The fraction of sp³-hybridized carbons (Fsp3) is 0.273. The van der Waals surface area contributed by atoms with Crippen LogP contribution in [0.4, 0.5) is 11.4 Å². The number of benzene rings is 9. The van der Waals surface area contributed by atoms with Gasteiger partial charge in [-0.15, -0.1) is 0 Å². The molecule has 4 nitrogen and oxygen atoms in total. The predicted octanol–water partition coefficient (Wildman–Crippen LogP) is 16.7. The largest absolute Gasteiger partial charge is 0.715 e. The van der Waals surface area contributed by atoms with Crippen LogP contribution in [0.2, 0.25) is 0 Å². The number of hydrogen-bond acceptors (Lipinski definition) is 2. The molecule has 12 rings (SSSR count). The molecule has 9 aromatic rings. The van der Waals surface area contributed by atoms with Crippen molar-refractivity contribution in [2.24, 2.45) is 0 Å². The average molecular weight is 1130 g/mol. The summed E-state index contributed by atoms with van der Waals surface area (Å²) in [5.41, 5.74) is 9.23. The van der Waals surface area contributed by atoms with Crippen LogP contribution in [-0.4, -0.2) is 39.9 Å². The maximum Gasteiger partial charge on any atom is 0.715 e. The van der Waals surface area contributed by atoms with Gasteiger partial charge in [0.25, 0.3) is 11.4 Å². The van der Waals surface area contributed by atoms with Crippen LogP contribution in [0.15, 0.2) is 231 Å². The summed E-state index contributed by atoms with van der Waals surface area (Å²) >= 11 is 0. The van der Waals surface area contributed by atoms with Gasteiger partial charge in [0.2, 0.25) is 0 Å². The minimum absolute atomic E-state index is 0.0911. The first-order valence-electron chi connectivity index (χ1n) is 30.7. The molecule has 3 aliphatic rings. The number of rotatable bonds is 22. The topological polar surface area (TPSA) is 24.5 Å². The van der Waals surface area contributed by atoms with Gasteiger partial charge in [-0.3, -0.25) is 0 Å². The van der Waals surface area contributed by atoms with Gasteiger partial charge in [-0.05, 0) is 180 Å². The molecule has 0 aliphatic carbocycles. The monoisotopic (exact) mass is 1130 g/mol. The Morgan fingerprint density at radius 2 is 0.651 bits per heavy atom. The molecule has 3 heterocycles. The van der Waals surface area contributed by atoms with Crippen LogP contribution >= 0.6 is 14.5 Å². The number of nitrogens with zero attached hydrogens (tertiary/aromatic N) is 2. The summed E-state index contributed by atoms with van der Waals surface area (Å²) in [5, 5.41) is 8.61. The maximum atomic E-state index is 7.57. The van der Waals surface area contributed by atoms with Crippen molar-refractivity contribution in [2.45, 2.75) is 123 Å².